The van der Waals surface area contributed by atoms with Crippen molar-refractivity contribution in [3.05, 3.63) is 41.6 Å². The van der Waals surface area contributed by atoms with Crippen molar-refractivity contribution >= 4 is 17.5 Å². The highest BCUT2D eigenvalue weighted by molar-refractivity contribution is 6.32. The van der Waals surface area contributed by atoms with Gasteiger partial charge in [0.15, 0.2) is 0 Å². The maximum atomic E-state index is 12.1. The van der Waals surface area contributed by atoms with E-state index in [9.17, 15) is 4.79 Å². The smallest absolute Gasteiger partial charge is 0.252 e. The van der Waals surface area contributed by atoms with Crippen molar-refractivity contribution in [1.29, 1.82) is 0 Å². The van der Waals surface area contributed by atoms with Gasteiger partial charge in [-0.05, 0) is 12.5 Å². The molecule has 1 aliphatic rings. The Bertz CT molecular complexity index is 672. The van der Waals surface area contributed by atoms with Crippen LogP contribution in [0.4, 0.5) is 0 Å². The average Bonchev–Trinajstić information content (AvgIpc) is 3.27. The van der Waals surface area contributed by atoms with Crippen molar-refractivity contribution in [3.63, 3.8) is 0 Å². The molecule has 3 rings (SSSR count). The number of carbonyl (C=O) groups is 1. The average molecular weight is 351 g/mol. The molecule has 2 aromatic heterocycles. The summed E-state index contributed by atoms with van der Waals surface area (Å²) in [4.78, 5) is 20.2. The molecule has 3 heterocycles. The van der Waals surface area contributed by atoms with Crippen LogP contribution in [0.15, 0.2) is 31.0 Å². The van der Waals surface area contributed by atoms with Crippen molar-refractivity contribution < 1.29 is 14.3 Å². The Morgan fingerprint density at radius 3 is 3.17 bits per heavy atom. The van der Waals surface area contributed by atoms with Gasteiger partial charge in [0, 0.05) is 38.1 Å². The van der Waals surface area contributed by atoms with E-state index in [4.69, 9.17) is 21.1 Å². The van der Waals surface area contributed by atoms with Gasteiger partial charge in [-0.3, -0.25) is 4.79 Å². The predicted octanol–water partition coefficient (Wildman–Crippen LogP) is 1.92. The molecular formula is C16H19ClN4O3. The quantitative estimate of drug-likeness (QED) is 0.772. The number of aromatic nitrogens is 3. The van der Waals surface area contributed by atoms with Crippen LogP contribution in [0.1, 0.15) is 23.2 Å². The van der Waals surface area contributed by atoms with E-state index in [-0.39, 0.29) is 12.0 Å². The van der Waals surface area contributed by atoms with Crippen molar-refractivity contribution in [3.8, 4) is 5.88 Å². The van der Waals surface area contributed by atoms with Gasteiger partial charge >= 0.3 is 0 Å². The standard InChI is InChI=1S/C16H19ClN4O3/c17-14-8-12(9-20-16(14)24-13-2-7-23-10-13)15(22)19-3-1-5-21-6-4-18-11-21/h4,6,8-9,11,13H,1-3,5,7,10H2,(H,19,22). The fourth-order valence-corrected chi connectivity index (χ4v) is 2.60. The Hall–Kier alpha value is -2.12. The van der Waals surface area contributed by atoms with Gasteiger partial charge in [0.05, 0.1) is 25.1 Å². The number of aryl methyl sites for hydroxylation is 1. The number of halogens is 1. The Morgan fingerprint density at radius 1 is 1.54 bits per heavy atom. The molecule has 0 aromatic carbocycles. The van der Waals surface area contributed by atoms with Gasteiger partial charge in [-0.25, -0.2) is 9.97 Å². The van der Waals surface area contributed by atoms with Crippen LogP contribution in [0.5, 0.6) is 5.88 Å². The van der Waals surface area contributed by atoms with E-state index in [1.807, 2.05) is 10.8 Å². The van der Waals surface area contributed by atoms with E-state index in [0.29, 0.717) is 36.2 Å². The van der Waals surface area contributed by atoms with E-state index in [0.717, 1.165) is 19.4 Å². The van der Waals surface area contributed by atoms with Gasteiger partial charge in [-0.2, -0.15) is 0 Å². The van der Waals surface area contributed by atoms with Gasteiger partial charge in [-0.1, -0.05) is 11.6 Å². The fourth-order valence-electron chi connectivity index (χ4n) is 2.38. The summed E-state index contributed by atoms with van der Waals surface area (Å²) in [5, 5.41) is 3.18. The van der Waals surface area contributed by atoms with Crippen LogP contribution in [0.2, 0.25) is 5.02 Å². The second kappa shape index (κ2) is 8.12. The largest absolute Gasteiger partial charge is 0.471 e. The van der Waals surface area contributed by atoms with E-state index < -0.39 is 0 Å². The van der Waals surface area contributed by atoms with Gasteiger partial charge in [0.1, 0.15) is 11.1 Å². The second-order valence-electron chi connectivity index (χ2n) is 5.52. The Kier molecular flexibility index (Phi) is 5.66. The Labute approximate surface area is 145 Å². The molecule has 1 aliphatic heterocycles. The van der Waals surface area contributed by atoms with E-state index in [1.165, 1.54) is 6.20 Å². The molecule has 128 valence electrons. The lowest BCUT2D eigenvalue weighted by Gasteiger charge is -2.12. The number of ether oxygens (including phenoxy) is 2. The van der Waals surface area contributed by atoms with Crippen LogP contribution < -0.4 is 10.1 Å². The zero-order chi connectivity index (χ0) is 16.8. The molecule has 24 heavy (non-hydrogen) atoms. The van der Waals surface area contributed by atoms with Crippen LogP contribution in [0.25, 0.3) is 0 Å². The highest BCUT2D eigenvalue weighted by Gasteiger charge is 2.19. The molecule has 1 saturated heterocycles. The molecule has 1 N–H and O–H groups in total. The van der Waals surface area contributed by atoms with Gasteiger partial charge in [0.2, 0.25) is 5.88 Å². The number of nitrogens with one attached hydrogen (secondary N) is 1. The molecule has 1 amide bonds. The number of carbonyl (C=O) groups excluding carboxylic acids is 1. The third-order valence-electron chi connectivity index (χ3n) is 3.67. The van der Waals surface area contributed by atoms with Gasteiger partial charge < -0.3 is 19.4 Å². The van der Waals surface area contributed by atoms with Crippen LogP contribution in [0, 0.1) is 0 Å². The molecule has 1 atom stereocenters. The number of rotatable bonds is 7. The first-order valence-electron chi connectivity index (χ1n) is 7.86. The third kappa shape index (κ3) is 4.46. The van der Waals surface area contributed by atoms with Crippen LogP contribution in [-0.4, -0.2) is 46.3 Å². The summed E-state index contributed by atoms with van der Waals surface area (Å²) < 4.78 is 12.9. The maximum Gasteiger partial charge on any atom is 0.252 e. The number of pyridine rings is 1. The number of imidazole rings is 1. The molecule has 2 aromatic rings. The first-order valence-corrected chi connectivity index (χ1v) is 8.24. The van der Waals surface area contributed by atoms with Crippen LogP contribution in [0.3, 0.4) is 0 Å². The fraction of sp³-hybridized carbons (Fsp3) is 0.438. The molecule has 8 heteroatoms. The van der Waals surface area contributed by atoms with E-state index in [2.05, 4.69) is 15.3 Å². The van der Waals surface area contributed by atoms with Crippen molar-refractivity contribution in [2.24, 2.45) is 0 Å². The zero-order valence-corrected chi connectivity index (χ0v) is 13.9. The Balaban J connectivity index is 1.48. The normalized spacial score (nSPS) is 17.0. The van der Waals surface area contributed by atoms with Crippen molar-refractivity contribution in [2.75, 3.05) is 19.8 Å². The summed E-state index contributed by atoms with van der Waals surface area (Å²) in [7, 11) is 0. The first kappa shape index (κ1) is 16.7. The molecule has 0 radical (unpaired) electrons. The highest BCUT2D eigenvalue weighted by atomic mass is 35.5. The van der Waals surface area contributed by atoms with Crippen molar-refractivity contribution in [2.45, 2.75) is 25.5 Å². The maximum absolute atomic E-state index is 12.1. The summed E-state index contributed by atoms with van der Waals surface area (Å²) in [5.41, 5.74) is 0.414. The predicted molar refractivity (Wildman–Crippen MR) is 88.3 cm³/mol. The minimum Gasteiger partial charge on any atom is -0.471 e. The van der Waals surface area contributed by atoms with E-state index in [1.54, 1.807) is 18.6 Å². The lowest BCUT2D eigenvalue weighted by molar-refractivity contribution is 0.0952. The van der Waals surface area contributed by atoms with Crippen LogP contribution in [-0.2, 0) is 11.3 Å². The van der Waals surface area contributed by atoms with E-state index >= 15 is 0 Å². The summed E-state index contributed by atoms with van der Waals surface area (Å²) in [5.74, 6) is 0.134. The molecule has 1 unspecified atom stereocenters. The summed E-state index contributed by atoms with van der Waals surface area (Å²) in [6.07, 6.45) is 8.44. The number of amides is 1. The second-order valence-corrected chi connectivity index (χ2v) is 5.93. The molecular weight excluding hydrogens is 332 g/mol. The number of nitrogens with zero attached hydrogens (tertiary/aromatic N) is 3. The number of hydrogen-bond acceptors (Lipinski definition) is 5. The summed E-state index contributed by atoms with van der Waals surface area (Å²) in [6, 6.07) is 1.57. The molecule has 0 bridgehead atoms. The molecule has 0 saturated carbocycles. The Morgan fingerprint density at radius 2 is 2.46 bits per heavy atom. The SMILES string of the molecule is O=C(NCCCn1ccnc1)c1cnc(OC2CCOC2)c(Cl)c1. The van der Waals surface area contributed by atoms with Crippen molar-refractivity contribution in [1.82, 2.24) is 19.9 Å². The summed E-state index contributed by atoms with van der Waals surface area (Å²) in [6.45, 7) is 2.58. The molecule has 7 nitrogen and oxygen atoms in total. The molecule has 1 fully saturated rings. The minimum absolute atomic E-state index is 0.0298. The lowest BCUT2D eigenvalue weighted by atomic mass is 10.2. The van der Waals surface area contributed by atoms with Gasteiger partial charge in [-0.15, -0.1) is 0 Å². The lowest BCUT2D eigenvalue weighted by Crippen LogP contribution is -2.25. The zero-order valence-electron chi connectivity index (χ0n) is 13.2. The molecule has 0 spiro atoms. The monoisotopic (exact) mass is 350 g/mol. The minimum atomic E-state index is -0.203. The van der Waals surface area contributed by atoms with Gasteiger partial charge in [0.25, 0.3) is 5.91 Å². The summed E-state index contributed by atoms with van der Waals surface area (Å²) >= 11 is 6.16. The number of hydrogen-bond donors (Lipinski definition) is 1. The topological polar surface area (TPSA) is 78.3 Å². The van der Waals surface area contributed by atoms with Crippen LogP contribution >= 0.6 is 11.6 Å². The highest BCUT2D eigenvalue weighted by Crippen LogP contribution is 2.25. The molecule has 0 aliphatic carbocycles. The first-order chi connectivity index (χ1) is 11.7. The third-order valence-corrected chi connectivity index (χ3v) is 3.94.